The molecule has 4 aromatic rings. The van der Waals surface area contributed by atoms with E-state index < -0.39 is 84.4 Å². The van der Waals surface area contributed by atoms with Gasteiger partial charge < -0.3 is 10.6 Å². The van der Waals surface area contributed by atoms with Gasteiger partial charge in [-0.05, 0) is 53.5 Å². The van der Waals surface area contributed by atoms with Crippen LogP contribution in [0, 0.1) is 11.3 Å². The summed E-state index contributed by atoms with van der Waals surface area (Å²) < 4.78 is 102. The van der Waals surface area contributed by atoms with Crippen molar-refractivity contribution in [3.8, 4) is 0 Å². The number of aromatic nitrogens is 8. The highest BCUT2D eigenvalue weighted by molar-refractivity contribution is 5.93. The van der Waals surface area contributed by atoms with E-state index in [1.807, 2.05) is 5.32 Å². The lowest BCUT2D eigenvalue weighted by atomic mass is 9.79. The quantitative estimate of drug-likeness (QED) is 0.256. The Morgan fingerprint density at radius 3 is 2.59 bits per heavy atom. The SMILES string of the molecule is O=C(N[C@H](c1cn2ncc(C[C@@]3(Cn4cncn4)C[C@@H](C(F)(F)F)NC3=O)cc2n1)C1CCC(F)(F)CC1)c1nonc1C(F)F. The highest BCUT2D eigenvalue weighted by Gasteiger charge is 2.55. The second-order valence-electron chi connectivity index (χ2n) is 11.6. The molecule has 2 amide bonds. The van der Waals surface area contributed by atoms with Gasteiger partial charge in [0.15, 0.2) is 11.3 Å². The molecule has 2 aliphatic rings. The Labute approximate surface area is 253 Å². The Kier molecular flexibility index (Phi) is 7.91. The van der Waals surface area contributed by atoms with E-state index in [1.54, 1.807) is 0 Å². The molecule has 20 heteroatoms. The van der Waals surface area contributed by atoms with Crippen LogP contribution in [0.15, 0.2) is 35.7 Å². The number of halogens is 7. The molecule has 2 fully saturated rings. The maximum atomic E-state index is 14.0. The summed E-state index contributed by atoms with van der Waals surface area (Å²) >= 11 is 0. The first kappa shape index (κ1) is 31.3. The molecule has 246 valence electrons. The molecule has 4 aromatic heterocycles. The van der Waals surface area contributed by atoms with Gasteiger partial charge >= 0.3 is 6.18 Å². The fourth-order valence-electron chi connectivity index (χ4n) is 6.12. The van der Waals surface area contributed by atoms with Crippen molar-refractivity contribution in [3.05, 3.63) is 53.8 Å². The first-order valence-electron chi connectivity index (χ1n) is 14.1. The fraction of sp³-hybridized carbons (Fsp3) is 0.538. The van der Waals surface area contributed by atoms with E-state index in [0.29, 0.717) is 5.56 Å². The number of nitrogens with one attached hydrogen (secondary N) is 2. The van der Waals surface area contributed by atoms with Crippen molar-refractivity contribution in [2.75, 3.05) is 0 Å². The van der Waals surface area contributed by atoms with Crippen molar-refractivity contribution in [1.29, 1.82) is 0 Å². The van der Waals surface area contributed by atoms with Gasteiger partial charge in [-0.3, -0.25) is 14.3 Å². The van der Waals surface area contributed by atoms with Gasteiger partial charge in [-0.15, -0.1) is 0 Å². The number of carbonyl (C=O) groups excluding carboxylic acids is 2. The summed E-state index contributed by atoms with van der Waals surface area (Å²) in [4.78, 5) is 34.4. The Morgan fingerprint density at radius 1 is 1.17 bits per heavy atom. The average Bonchev–Trinajstić information content (AvgIpc) is 3.79. The molecule has 1 aliphatic heterocycles. The normalized spacial score (nSPS) is 22.8. The summed E-state index contributed by atoms with van der Waals surface area (Å²) in [7, 11) is 0. The summed E-state index contributed by atoms with van der Waals surface area (Å²) in [5.41, 5.74) is -2.63. The molecule has 0 radical (unpaired) electrons. The predicted octanol–water partition coefficient (Wildman–Crippen LogP) is 3.62. The van der Waals surface area contributed by atoms with Gasteiger partial charge in [-0.1, -0.05) is 0 Å². The molecular weight excluding hydrogens is 633 g/mol. The lowest BCUT2D eigenvalue weighted by molar-refractivity contribution is -0.155. The third-order valence-electron chi connectivity index (χ3n) is 8.42. The molecular formula is C26H25F7N10O3. The van der Waals surface area contributed by atoms with E-state index in [2.05, 4.69) is 40.4 Å². The van der Waals surface area contributed by atoms with Crippen LogP contribution >= 0.6 is 0 Å². The average molecular weight is 659 g/mol. The lowest BCUT2D eigenvalue weighted by Crippen LogP contribution is -2.40. The number of fused-ring (bicyclic) bond motifs is 1. The van der Waals surface area contributed by atoms with E-state index in [-0.39, 0.29) is 37.1 Å². The van der Waals surface area contributed by atoms with Crippen molar-refractivity contribution in [2.45, 2.75) is 75.7 Å². The first-order chi connectivity index (χ1) is 21.7. The van der Waals surface area contributed by atoms with Crippen LogP contribution < -0.4 is 10.6 Å². The van der Waals surface area contributed by atoms with Crippen LogP contribution in [0.2, 0.25) is 0 Å². The molecule has 1 saturated heterocycles. The van der Waals surface area contributed by atoms with E-state index in [1.165, 1.54) is 40.3 Å². The topological polar surface area (TPSA) is 158 Å². The van der Waals surface area contributed by atoms with Gasteiger partial charge in [-0.2, -0.15) is 23.4 Å². The Morgan fingerprint density at radius 2 is 1.93 bits per heavy atom. The van der Waals surface area contributed by atoms with Gasteiger partial charge in [0.1, 0.15) is 18.7 Å². The number of hydrogen-bond acceptors (Lipinski definition) is 9. The van der Waals surface area contributed by atoms with Crippen LogP contribution in [0.1, 0.15) is 72.0 Å². The molecule has 5 heterocycles. The summed E-state index contributed by atoms with van der Waals surface area (Å²) in [6, 6.07) is -1.61. The highest BCUT2D eigenvalue weighted by Crippen LogP contribution is 2.43. The minimum Gasteiger partial charge on any atom is -0.344 e. The van der Waals surface area contributed by atoms with Crippen molar-refractivity contribution in [2.24, 2.45) is 11.3 Å². The number of hydrogen-bond donors (Lipinski definition) is 2. The highest BCUT2D eigenvalue weighted by atomic mass is 19.4. The van der Waals surface area contributed by atoms with E-state index in [0.717, 1.165) is 0 Å². The van der Waals surface area contributed by atoms with E-state index >= 15 is 0 Å². The smallest absolute Gasteiger partial charge is 0.344 e. The van der Waals surface area contributed by atoms with Gasteiger partial charge in [0.05, 0.1) is 36.1 Å². The minimum atomic E-state index is -4.68. The van der Waals surface area contributed by atoms with Gasteiger partial charge in [0.2, 0.25) is 17.5 Å². The molecule has 46 heavy (non-hydrogen) atoms. The van der Waals surface area contributed by atoms with E-state index in [9.17, 15) is 40.3 Å². The van der Waals surface area contributed by atoms with Crippen molar-refractivity contribution in [1.82, 2.24) is 50.3 Å². The van der Waals surface area contributed by atoms with Crippen LogP contribution in [-0.2, 0) is 17.8 Å². The predicted molar refractivity (Wildman–Crippen MR) is 138 cm³/mol. The zero-order valence-corrected chi connectivity index (χ0v) is 23.6. The summed E-state index contributed by atoms with van der Waals surface area (Å²) in [6.07, 6.45) is -4.34. The monoisotopic (exact) mass is 658 g/mol. The molecule has 0 unspecified atom stereocenters. The molecule has 2 N–H and O–H groups in total. The van der Waals surface area contributed by atoms with E-state index in [4.69, 9.17) is 0 Å². The maximum absolute atomic E-state index is 14.0. The molecule has 3 atom stereocenters. The van der Waals surface area contributed by atoms with Crippen molar-refractivity contribution in [3.63, 3.8) is 0 Å². The van der Waals surface area contributed by atoms with Gasteiger partial charge in [0.25, 0.3) is 12.3 Å². The molecule has 1 saturated carbocycles. The summed E-state index contributed by atoms with van der Waals surface area (Å²) in [5, 5.41) is 19.1. The second kappa shape index (κ2) is 11.6. The fourth-order valence-corrected chi connectivity index (χ4v) is 6.12. The molecule has 6 rings (SSSR count). The number of carbonyl (C=O) groups is 2. The van der Waals surface area contributed by atoms with Crippen molar-refractivity contribution >= 4 is 17.5 Å². The standard InChI is InChI=1S/C26H25F7N10O3/c27-21(28)19-20(41-46-40-19)22(44)39-18(14-1-3-25(29,30)4-2-14)15-9-43-17(37-15)5-13(8-35-43)6-24(10-42-12-34-11-36-42)7-16(26(31,32)33)38-23(24)45/h5,8-9,11-12,14,16,18,21H,1-4,6-7,10H2,(H,38,45)(H,39,44)/t16-,18-,24-/m0/s1. The molecule has 0 spiro atoms. The molecule has 0 bridgehead atoms. The van der Waals surface area contributed by atoms with Crippen LogP contribution in [-0.4, -0.2) is 69.6 Å². The third-order valence-corrected chi connectivity index (χ3v) is 8.42. The third kappa shape index (κ3) is 6.23. The maximum Gasteiger partial charge on any atom is 0.408 e. The van der Waals surface area contributed by atoms with Gasteiger partial charge in [-0.25, -0.2) is 36.7 Å². The minimum absolute atomic E-state index is 0.0243. The molecule has 1 aliphatic carbocycles. The van der Waals surface area contributed by atoms with Crippen molar-refractivity contribution < 1.29 is 45.0 Å². The lowest BCUT2D eigenvalue weighted by Gasteiger charge is -2.33. The number of amides is 2. The number of alkyl halides is 7. The Hall–Kier alpha value is -4.65. The zero-order valence-electron chi connectivity index (χ0n) is 23.6. The van der Waals surface area contributed by atoms with Crippen LogP contribution in [0.5, 0.6) is 0 Å². The summed E-state index contributed by atoms with van der Waals surface area (Å²) in [6.45, 7) is -0.200. The van der Waals surface area contributed by atoms with Crippen LogP contribution in [0.3, 0.4) is 0 Å². The van der Waals surface area contributed by atoms with Gasteiger partial charge in [0, 0.05) is 12.8 Å². The van der Waals surface area contributed by atoms with Crippen LogP contribution in [0.4, 0.5) is 30.7 Å². The number of imidazole rings is 1. The Bertz CT molecular complexity index is 1710. The largest absolute Gasteiger partial charge is 0.408 e. The number of rotatable bonds is 9. The molecule has 13 nitrogen and oxygen atoms in total. The zero-order chi connectivity index (χ0) is 32.9. The summed E-state index contributed by atoms with van der Waals surface area (Å²) in [5.74, 6) is -5.38. The molecule has 0 aromatic carbocycles. The first-order valence-corrected chi connectivity index (χ1v) is 14.1. The van der Waals surface area contributed by atoms with Crippen LogP contribution in [0.25, 0.3) is 5.65 Å². The second-order valence-corrected chi connectivity index (χ2v) is 11.6. The number of nitrogens with zero attached hydrogens (tertiary/aromatic N) is 8. The Balaban J connectivity index is 1.31.